The first-order valence-corrected chi connectivity index (χ1v) is 7.68. The summed E-state index contributed by atoms with van der Waals surface area (Å²) in [6.07, 6.45) is -0.223. The molecule has 3 rings (SSSR count). The van der Waals surface area contributed by atoms with Crippen molar-refractivity contribution in [2.75, 3.05) is 17.7 Å². The number of aryl methyl sites for hydroxylation is 2. The standard InChI is InChI=1S/C15H17F3N8/c1-9-12(8-26(23-9)7-10-4-5-25(3)24-10)21-14-20-6-11(15(16,17)18)13(19-2)22-14/h4-6,8H,7H2,1-3H3,(H2,19,20,21,22). The van der Waals surface area contributed by atoms with Crippen LogP contribution in [0.2, 0.25) is 0 Å². The van der Waals surface area contributed by atoms with Crippen LogP contribution in [0.4, 0.5) is 30.6 Å². The summed E-state index contributed by atoms with van der Waals surface area (Å²) < 4.78 is 42.1. The van der Waals surface area contributed by atoms with E-state index >= 15 is 0 Å². The second-order valence-electron chi connectivity index (χ2n) is 5.64. The Morgan fingerprint density at radius 3 is 2.62 bits per heavy atom. The Kier molecular flexibility index (Phi) is 4.53. The van der Waals surface area contributed by atoms with E-state index in [-0.39, 0.29) is 11.8 Å². The summed E-state index contributed by atoms with van der Waals surface area (Å²) >= 11 is 0. The third kappa shape index (κ3) is 3.76. The molecule has 0 saturated heterocycles. The molecule has 0 aliphatic carbocycles. The topological polar surface area (TPSA) is 85.5 Å². The minimum absolute atomic E-state index is 0.0443. The molecule has 0 bridgehead atoms. The number of anilines is 3. The van der Waals surface area contributed by atoms with Crippen molar-refractivity contribution in [1.82, 2.24) is 29.5 Å². The maximum absolute atomic E-state index is 12.9. The van der Waals surface area contributed by atoms with Crippen LogP contribution >= 0.6 is 0 Å². The van der Waals surface area contributed by atoms with E-state index in [1.165, 1.54) is 7.05 Å². The molecule has 0 unspecified atom stereocenters. The van der Waals surface area contributed by atoms with Crippen LogP contribution < -0.4 is 10.6 Å². The van der Waals surface area contributed by atoms with Crippen LogP contribution in [0.15, 0.2) is 24.7 Å². The molecular weight excluding hydrogens is 349 g/mol. The molecular formula is C15H17F3N8. The highest BCUT2D eigenvalue weighted by molar-refractivity contribution is 5.57. The fourth-order valence-electron chi connectivity index (χ4n) is 2.40. The normalized spacial score (nSPS) is 11.6. The predicted octanol–water partition coefficient (Wildman–Crippen LogP) is 2.57. The molecule has 3 heterocycles. The maximum Gasteiger partial charge on any atom is 0.421 e. The van der Waals surface area contributed by atoms with Crippen LogP contribution in [0.3, 0.4) is 0 Å². The summed E-state index contributed by atoms with van der Waals surface area (Å²) in [4.78, 5) is 7.64. The molecule has 138 valence electrons. The monoisotopic (exact) mass is 366 g/mol. The fourth-order valence-corrected chi connectivity index (χ4v) is 2.40. The van der Waals surface area contributed by atoms with Gasteiger partial charge in [-0.15, -0.1) is 0 Å². The Bertz CT molecular complexity index is 912. The molecule has 0 aliphatic rings. The van der Waals surface area contributed by atoms with E-state index < -0.39 is 11.7 Å². The number of nitrogens with zero attached hydrogens (tertiary/aromatic N) is 6. The Labute approximate surface area is 147 Å². The molecule has 3 aromatic heterocycles. The average molecular weight is 366 g/mol. The van der Waals surface area contributed by atoms with E-state index in [2.05, 4.69) is 30.8 Å². The zero-order valence-electron chi connectivity index (χ0n) is 14.3. The Morgan fingerprint density at radius 1 is 1.23 bits per heavy atom. The van der Waals surface area contributed by atoms with E-state index in [0.29, 0.717) is 17.9 Å². The van der Waals surface area contributed by atoms with Crippen molar-refractivity contribution in [2.24, 2.45) is 7.05 Å². The number of halogens is 3. The van der Waals surface area contributed by atoms with Gasteiger partial charge < -0.3 is 10.6 Å². The van der Waals surface area contributed by atoms with Gasteiger partial charge in [-0.25, -0.2) is 4.98 Å². The molecule has 0 saturated carbocycles. The first kappa shape index (κ1) is 17.7. The molecule has 11 heteroatoms. The van der Waals surface area contributed by atoms with Crippen molar-refractivity contribution >= 4 is 17.5 Å². The fraction of sp³-hybridized carbons (Fsp3) is 0.333. The van der Waals surface area contributed by atoms with Crippen LogP contribution in [-0.4, -0.2) is 36.6 Å². The molecule has 0 atom stereocenters. The van der Waals surface area contributed by atoms with Crippen LogP contribution in [0, 0.1) is 6.92 Å². The second kappa shape index (κ2) is 6.65. The van der Waals surface area contributed by atoms with Crippen molar-refractivity contribution in [3.05, 3.63) is 41.6 Å². The van der Waals surface area contributed by atoms with Gasteiger partial charge in [0.2, 0.25) is 5.95 Å². The molecule has 0 fully saturated rings. The minimum Gasteiger partial charge on any atom is -0.372 e. The summed E-state index contributed by atoms with van der Waals surface area (Å²) in [5.74, 6) is -0.253. The molecule has 0 aromatic carbocycles. The van der Waals surface area contributed by atoms with Gasteiger partial charge in [-0.3, -0.25) is 9.36 Å². The highest BCUT2D eigenvalue weighted by atomic mass is 19.4. The second-order valence-corrected chi connectivity index (χ2v) is 5.64. The molecule has 26 heavy (non-hydrogen) atoms. The lowest BCUT2D eigenvalue weighted by Crippen LogP contribution is -2.12. The van der Waals surface area contributed by atoms with Crippen molar-refractivity contribution in [3.63, 3.8) is 0 Å². The van der Waals surface area contributed by atoms with Crippen molar-refractivity contribution in [3.8, 4) is 0 Å². The third-order valence-electron chi connectivity index (χ3n) is 3.62. The van der Waals surface area contributed by atoms with E-state index in [9.17, 15) is 13.2 Å². The number of rotatable bonds is 5. The van der Waals surface area contributed by atoms with Gasteiger partial charge >= 0.3 is 6.18 Å². The van der Waals surface area contributed by atoms with E-state index in [1.54, 1.807) is 22.5 Å². The number of hydrogen-bond donors (Lipinski definition) is 2. The molecule has 2 N–H and O–H groups in total. The van der Waals surface area contributed by atoms with Gasteiger partial charge in [0.05, 0.1) is 23.6 Å². The SMILES string of the molecule is CNc1nc(Nc2cn(Cc3ccn(C)n3)nc2C)ncc1C(F)(F)F. The van der Waals surface area contributed by atoms with Crippen molar-refractivity contribution < 1.29 is 13.2 Å². The first-order valence-electron chi connectivity index (χ1n) is 7.68. The van der Waals surface area contributed by atoms with Gasteiger partial charge in [0.15, 0.2) is 0 Å². The zero-order chi connectivity index (χ0) is 18.9. The third-order valence-corrected chi connectivity index (χ3v) is 3.62. The van der Waals surface area contributed by atoms with Crippen molar-refractivity contribution in [2.45, 2.75) is 19.6 Å². The molecule has 8 nitrogen and oxygen atoms in total. The lowest BCUT2D eigenvalue weighted by Gasteiger charge is -2.12. The van der Waals surface area contributed by atoms with Crippen LogP contribution in [0.1, 0.15) is 17.0 Å². The van der Waals surface area contributed by atoms with Crippen molar-refractivity contribution in [1.29, 1.82) is 0 Å². The molecule has 0 aliphatic heterocycles. The van der Waals surface area contributed by atoms with Gasteiger partial charge in [-0.05, 0) is 13.0 Å². The Balaban J connectivity index is 1.81. The van der Waals surface area contributed by atoms with Gasteiger partial charge in [-0.1, -0.05) is 0 Å². The number of alkyl halides is 3. The van der Waals surface area contributed by atoms with E-state index in [4.69, 9.17) is 0 Å². The van der Waals surface area contributed by atoms with E-state index in [1.807, 2.05) is 19.3 Å². The summed E-state index contributed by atoms with van der Waals surface area (Å²) in [5, 5.41) is 14.0. The Hall–Kier alpha value is -3.11. The number of hydrogen-bond acceptors (Lipinski definition) is 6. The van der Waals surface area contributed by atoms with Gasteiger partial charge in [0.1, 0.15) is 11.4 Å². The molecule has 0 radical (unpaired) electrons. The number of aromatic nitrogens is 6. The van der Waals surface area contributed by atoms with Crippen LogP contribution in [0.25, 0.3) is 0 Å². The molecule has 3 aromatic rings. The average Bonchev–Trinajstić information content (AvgIpc) is 3.12. The van der Waals surface area contributed by atoms with Gasteiger partial charge in [-0.2, -0.15) is 28.4 Å². The number of nitrogens with one attached hydrogen (secondary N) is 2. The van der Waals surface area contributed by atoms with Gasteiger partial charge in [0.25, 0.3) is 0 Å². The summed E-state index contributed by atoms with van der Waals surface area (Å²) in [5.41, 5.74) is 1.18. The molecule has 0 amide bonds. The van der Waals surface area contributed by atoms with Gasteiger partial charge in [0, 0.05) is 32.7 Å². The maximum atomic E-state index is 12.9. The lowest BCUT2D eigenvalue weighted by atomic mass is 10.3. The predicted molar refractivity (Wildman–Crippen MR) is 89.1 cm³/mol. The van der Waals surface area contributed by atoms with Crippen LogP contribution in [-0.2, 0) is 19.8 Å². The zero-order valence-corrected chi connectivity index (χ0v) is 14.3. The smallest absolute Gasteiger partial charge is 0.372 e. The highest BCUT2D eigenvalue weighted by Gasteiger charge is 2.35. The largest absolute Gasteiger partial charge is 0.421 e. The summed E-state index contributed by atoms with van der Waals surface area (Å²) in [7, 11) is 3.20. The lowest BCUT2D eigenvalue weighted by molar-refractivity contribution is -0.137. The van der Waals surface area contributed by atoms with Crippen LogP contribution in [0.5, 0.6) is 0 Å². The minimum atomic E-state index is -4.53. The highest BCUT2D eigenvalue weighted by Crippen LogP contribution is 2.33. The quantitative estimate of drug-likeness (QED) is 0.722. The Morgan fingerprint density at radius 2 is 2.00 bits per heavy atom. The van der Waals surface area contributed by atoms with E-state index in [0.717, 1.165) is 11.9 Å². The first-order chi connectivity index (χ1) is 12.3. The molecule has 0 spiro atoms. The summed E-state index contributed by atoms with van der Waals surface area (Å²) in [6, 6.07) is 1.88. The summed E-state index contributed by atoms with van der Waals surface area (Å²) in [6.45, 7) is 2.25.